The van der Waals surface area contributed by atoms with Gasteiger partial charge in [0.2, 0.25) is 0 Å². The van der Waals surface area contributed by atoms with Crippen LogP contribution >= 0.6 is 0 Å². The van der Waals surface area contributed by atoms with Crippen molar-refractivity contribution in [2.75, 3.05) is 6.61 Å². The average Bonchev–Trinajstić information content (AvgIpc) is 2.23. The molecule has 1 aromatic rings. The van der Waals surface area contributed by atoms with Gasteiger partial charge in [-0.3, -0.25) is 0 Å². The Morgan fingerprint density at radius 2 is 2.20 bits per heavy atom. The van der Waals surface area contributed by atoms with Crippen LogP contribution in [0, 0.1) is 5.92 Å². The van der Waals surface area contributed by atoms with Crippen molar-refractivity contribution in [1.82, 2.24) is 0 Å². The summed E-state index contributed by atoms with van der Waals surface area (Å²) in [6.07, 6.45) is 2.87. The number of aromatic hydroxyl groups is 1. The molecule has 1 aliphatic rings. The molecule has 1 aromatic carbocycles. The summed E-state index contributed by atoms with van der Waals surface area (Å²) in [5.74, 6) is 1.43. The molecular formula is C13H18O2. The third-order valence-electron chi connectivity index (χ3n) is 3.56. The summed E-state index contributed by atoms with van der Waals surface area (Å²) in [6, 6.07) is 5.74. The second-order valence-electron chi connectivity index (χ2n) is 4.48. The molecule has 0 aromatic heterocycles. The number of benzene rings is 1. The predicted octanol–water partition coefficient (Wildman–Crippen LogP) is 2.44. The minimum atomic E-state index is 0.226. The van der Waals surface area contributed by atoms with Crippen LogP contribution in [-0.4, -0.2) is 16.8 Å². The Labute approximate surface area is 90.6 Å². The van der Waals surface area contributed by atoms with Gasteiger partial charge in [-0.1, -0.05) is 19.1 Å². The number of rotatable bonds is 2. The van der Waals surface area contributed by atoms with Gasteiger partial charge < -0.3 is 10.2 Å². The SMILES string of the molecule is CC1CCc2c(O)cccc2C1CCO. The van der Waals surface area contributed by atoms with Crippen molar-refractivity contribution < 1.29 is 10.2 Å². The van der Waals surface area contributed by atoms with Crippen LogP contribution in [0.1, 0.15) is 36.8 Å². The van der Waals surface area contributed by atoms with Crippen molar-refractivity contribution in [2.45, 2.75) is 32.1 Å². The van der Waals surface area contributed by atoms with Gasteiger partial charge in [-0.15, -0.1) is 0 Å². The molecule has 0 spiro atoms. The van der Waals surface area contributed by atoms with Crippen LogP contribution in [0.3, 0.4) is 0 Å². The van der Waals surface area contributed by atoms with E-state index in [2.05, 4.69) is 13.0 Å². The summed E-state index contributed by atoms with van der Waals surface area (Å²) in [4.78, 5) is 0. The van der Waals surface area contributed by atoms with Crippen molar-refractivity contribution in [2.24, 2.45) is 5.92 Å². The van der Waals surface area contributed by atoms with E-state index in [9.17, 15) is 5.11 Å². The summed E-state index contributed by atoms with van der Waals surface area (Å²) in [7, 11) is 0. The molecule has 0 heterocycles. The zero-order valence-electron chi connectivity index (χ0n) is 9.11. The van der Waals surface area contributed by atoms with Gasteiger partial charge in [0, 0.05) is 6.61 Å². The first-order chi connectivity index (χ1) is 7.24. The Balaban J connectivity index is 2.39. The molecule has 82 valence electrons. The summed E-state index contributed by atoms with van der Waals surface area (Å²) >= 11 is 0. The Bertz CT molecular complexity index is 346. The van der Waals surface area contributed by atoms with E-state index in [0.29, 0.717) is 17.6 Å². The third-order valence-corrected chi connectivity index (χ3v) is 3.56. The number of phenolic OH excluding ortho intramolecular Hbond substituents is 1. The van der Waals surface area contributed by atoms with Crippen LogP contribution in [0.4, 0.5) is 0 Å². The first kappa shape index (κ1) is 10.5. The van der Waals surface area contributed by atoms with Gasteiger partial charge in [0.15, 0.2) is 0 Å². The largest absolute Gasteiger partial charge is 0.508 e. The molecule has 0 saturated heterocycles. The highest BCUT2D eigenvalue weighted by Crippen LogP contribution is 2.40. The van der Waals surface area contributed by atoms with Gasteiger partial charge in [0.05, 0.1) is 0 Å². The highest BCUT2D eigenvalue weighted by molar-refractivity contribution is 5.43. The summed E-state index contributed by atoms with van der Waals surface area (Å²) in [6.45, 7) is 2.46. The number of hydrogen-bond donors (Lipinski definition) is 2. The van der Waals surface area contributed by atoms with Gasteiger partial charge in [0.25, 0.3) is 0 Å². The number of aliphatic hydroxyl groups excluding tert-OH is 1. The average molecular weight is 206 g/mol. The zero-order chi connectivity index (χ0) is 10.8. The minimum absolute atomic E-state index is 0.226. The molecule has 0 radical (unpaired) electrons. The number of aliphatic hydroxyl groups is 1. The topological polar surface area (TPSA) is 40.5 Å². The number of fused-ring (bicyclic) bond motifs is 1. The molecule has 2 nitrogen and oxygen atoms in total. The summed E-state index contributed by atoms with van der Waals surface area (Å²) < 4.78 is 0. The normalized spacial score (nSPS) is 24.9. The lowest BCUT2D eigenvalue weighted by atomic mass is 9.74. The predicted molar refractivity (Wildman–Crippen MR) is 60.0 cm³/mol. The first-order valence-electron chi connectivity index (χ1n) is 5.65. The standard InChI is InChI=1S/C13H18O2/c1-9-5-6-12-11(10(9)7-8-14)3-2-4-13(12)15/h2-4,9-10,14-15H,5-8H2,1H3. The number of phenols is 1. The van der Waals surface area contributed by atoms with E-state index in [1.54, 1.807) is 6.07 Å². The molecule has 0 fully saturated rings. The second kappa shape index (κ2) is 4.23. The van der Waals surface area contributed by atoms with Crippen molar-refractivity contribution in [3.8, 4) is 5.75 Å². The van der Waals surface area contributed by atoms with Crippen LogP contribution < -0.4 is 0 Å². The van der Waals surface area contributed by atoms with Crippen LogP contribution in [-0.2, 0) is 6.42 Å². The van der Waals surface area contributed by atoms with E-state index < -0.39 is 0 Å². The molecule has 2 N–H and O–H groups in total. The van der Waals surface area contributed by atoms with Crippen LogP contribution in [0.15, 0.2) is 18.2 Å². The fourth-order valence-electron chi connectivity index (χ4n) is 2.67. The fourth-order valence-corrected chi connectivity index (χ4v) is 2.67. The Morgan fingerprint density at radius 3 is 2.93 bits per heavy atom. The molecule has 2 rings (SSSR count). The van der Waals surface area contributed by atoms with E-state index in [-0.39, 0.29) is 6.61 Å². The second-order valence-corrected chi connectivity index (χ2v) is 4.48. The molecule has 0 bridgehead atoms. The van der Waals surface area contributed by atoms with E-state index in [1.807, 2.05) is 6.07 Å². The smallest absolute Gasteiger partial charge is 0.119 e. The van der Waals surface area contributed by atoms with Crippen molar-refractivity contribution in [1.29, 1.82) is 0 Å². The molecule has 0 saturated carbocycles. The molecule has 0 aliphatic heterocycles. The molecule has 2 atom stereocenters. The highest BCUT2D eigenvalue weighted by Gasteiger charge is 2.27. The molecule has 2 unspecified atom stereocenters. The Hall–Kier alpha value is -1.02. The van der Waals surface area contributed by atoms with Gasteiger partial charge >= 0.3 is 0 Å². The summed E-state index contributed by atoms with van der Waals surface area (Å²) in [5, 5.41) is 18.8. The lowest BCUT2D eigenvalue weighted by molar-refractivity contribution is 0.249. The monoisotopic (exact) mass is 206 g/mol. The first-order valence-corrected chi connectivity index (χ1v) is 5.65. The van der Waals surface area contributed by atoms with Gasteiger partial charge in [-0.05, 0) is 48.3 Å². The molecule has 0 amide bonds. The number of hydrogen-bond acceptors (Lipinski definition) is 2. The van der Waals surface area contributed by atoms with Crippen molar-refractivity contribution in [3.05, 3.63) is 29.3 Å². The Morgan fingerprint density at radius 1 is 1.40 bits per heavy atom. The maximum atomic E-state index is 9.77. The van der Waals surface area contributed by atoms with Gasteiger partial charge in [-0.25, -0.2) is 0 Å². The molecule has 2 heteroatoms. The van der Waals surface area contributed by atoms with Gasteiger partial charge in [0.1, 0.15) is 5.75 Å². The van der Waals surface area contributed by atoms with E-state index in [4.69, 9.17) is 5.11 Å². The lowest BCUT2D eigenvalue weighted by Gasteiger charge is -2.31. The van der Waals surface area contributed by atoms with E-state index in [0.717, 1.165) is 24.8 Å². The maximum absolute atomic E-state index is 9.77. The summed E-state index contributed by atoms with van der Waals surface area (Å²) in [5.41, 5.74) is 2.33. The minimum Gasteiger partial charge on any atom is -0.508 e. The van der Waals surface area contributed by atoms with Crippen LogP contribution in [0.5, 0.6) is 5.75 Å². The van der Waals surface area contributed by atoms with Crippen LogP contribution in [0.2, 0.25) is 0 Å². The Kier molecular flexibility index (Phi) is 2.96. The van der Waals surface area contributed by atoms with Crippen LogP contribution in [0.25, 0.3) is 0 Å². The zero-order valence-corrected chi connectivity index (χ0v) is 9.11. The molecular weight excluding hydrogens is 188 g/mol. The van der Waals surface area contributed by atoms with E-state index in [1.165, 1.54) is 5.56 Å². The maximum Gasteiger partial charge on any atom is 0.119 e. The van der Waals surface area contributed by atoms with E-state index >= 15 is 0 Å². The quantitative estimate of drug-likeness (QED) is 0.780. The lowest BCUT2D eigenvalue weighted by Crippen LogP contribution is -2.19. The molecule has 1 aliphatic carbocycles. The fraction of sp³-hybridized carbons (Fsp3) is 0.538. The van der Waals surface area contributed by atoms with Crippen molar-refractivity contribution >= 4 is 0 Å². The van der Waals surface area contributed by atoms with Gasteiger partial charge in [-0.2, -0.15) is 0 Å². The van der Waals surface area contributed by atoms with Crippen molar-refractivity contribution in [3.63, 3.8) is 0 Å². The highest BCUT2D eigenvalue weighted by atomic mass is 16.3. The third kappa shape index (κ3) is 1.86. The molecule has 15 heavy (non-hydrogen) atoms.